The van der Waals surface area contributed by atoms with Crippen molar-refractivity contribution in [3.8, 4) is 11.5 Å². The maximum Gasteiger partial charge on any atom is 0.228 e. The summed E-state index contributed by atoms with van der Waals surface area (Å²) >= 11 is 0. The molecule has 150 valence electrons. The summed E-state index contributed by atoms with van der Waals surface area (Å²) in [6.07, 6.45) is 4.11. The first kappa shape index (κ1) is 20.1. The predicted octanol–water partition coefficient (Wildman–Crippen LogP) is 3.24. The molecule has 1 heterocycles. The summed E-state index contributed by atoms with van der Waals surface area (Å²) in [7, 11) is 4.96. The van der Waals surface area contributed by atoms with Crippen LogP contribution in [0.15, 0.2) is 54.9 Å². The fourth-order valence-corrected chi connectivity index (χ4v) is 2.97. The molecule has 7 nitrogen and oxygen atoms in total. The zero-order chi connectivity index (χ0) is 20.8. The lowest BCUT2D eigenvalue weighted by Gasteiger charge is -2.11. The lowest BCUT2D eigenvalue weighted by atomic mass is 10.1. The van der Waals surface area contributed by atoms with E-state index in [0.717, 1.165) is 11.3 Å². The van der Waals surface area contributed by atoms with E-state index in [-0.39, 0.29) is 18.1 Å². The highest BCUT2D eigenvalue weighted by Crippen LogP contribution is 2.25. The van der Waals surface area contributed by atoms with Crippen LogP contribution in [0.1, 0.15) is 28.2 Å². The number of nitrogens with zero attached hydrogens (tertiary/aromatic N) is 2. The number of nitrogens with one attached hydrogen (secondary N) is 1. The first-order valence-electron chi connectivity index (χ1n) is 9.14. The molecule has 0 saturated heterocycles. The number of hydrogen-bond donors (Lipinski definition) is 1. The van der Waals surface area contributed by atoms with Gasteiger partial charge in [0.05, 0.1) is 14.2 Å². The molecule has 0 aliphatic rings. The van der Waals surface area contributed by atoms with Gasteiger partial charge in [-0.15, -0.1) is 0 Å². The molecule has 1 N–H and O–H groups in total. The Balaban J connectivity index is 1.60. The second-order valence-electron chi connectivity index (χ2n) is 6.49. The first-order chi connectivity index (χ1) is 14.0. The Morgan fingerprint density at radius 2 is 1.83 bits per heavy atom. The third-order valence-corrected chi connectivity index (χ3v) is 4.56. The number of hydrogen-bond acceptors (Lipinski definition) is 5. The van der Waals surface area contributed by atoms with Gasteiger partial charge in [-0.3, -0.25) is 9.59 Å². The van der Waals surface area contributed by atoms with E-state index in [0.29, 0.717) is 29.2 Å². The van der Waals surface area contributed by atoms with E-state index < -0.39 is 0 Å². The van der Waals surface area contributed by atoms with Crippen LogP contribution in [0.4, 0.5) is 5.69 Å². The smallest absolute Gasteiger partial charge is 0.228 e. The van der Waals surface area contributed by atoms with Crippen molar-refractivity contribution in [2.24, 2.45) is 7.05 Å². The van der Waals surface area contributed by atoms with Crippen molar-refractivity contribution >= 4 is 17.4 Å². The number of rotatable bonds is 8. The summed E-state index contributed by atoms with van der Waals surface area (Å²) in [4.78, 5) is 28.8. The SMILES string of the molecule is COc1ccc(OC)c(CCC(=O)Nc2ccc(C(=O)c3nccn3C)cc2)c1. The zero-order valence-electron chi connectivity index (χ0n) is 16.6. The Kier molecular flexibility index (Phi) is 6.29. The molecule has 0 atom stereocenters. The molecule has 3 aromatic rings. The van der Waals surface area contributed by atoms with E-state index in [1.165, 1.54) is 0 Å². The molecule has 0 radical (unpaired) electrons. The van der Waals surface area contributed by atoms with Gasteiger partial charge in [-0.25, -0.2) is 4.98 Å². The number of carbonyl (C=O) groups excluding carboxylic acids is 2. The Morgan fingerprint density at radius 3 is 2.45 bits per heavy atom. The van der Waals surface area contributed by atoms with E-state index in [1.54, 1.807) is 62.5 Å². The fourth-order valence-electron chi connectivity index (χ4n) is 2.97. The number of anilines is 1. The van der Waals surface area contributed by atoms with Crippen LogP contribution < -0.4 is 14.8 Å². The van der Waals surface area contributed by atoms with Crippen molar-refractivity contribution in [1.82, 2.24) is 9.55 Å². The van der Waals surface area contributed by atoms with Crippen LogP contribution in [0, 0.1) is 0 Å². The van der Waals surface area contributed by atoms with Gasteiger partial charge in [0, 0.05) is 37.1 Å². The van der Waals surface area contributed by atoms with Gasteiger partial charge in [-0.05, 0) is 54.4 Å². The second-order valence-corrected chi connectivity index (χ2v) is 6.49. The van der Waals surface area contributed by atoms with Crippen LogP contribution in [-0.2, 0) is 18.3 Å². The third kappa shape index (κ3) is 4.82. The van der Waals surface area contributed by atoms with Gasteiger partial charge in [-0.1, -0.05) is 0 Å². The van der Waals surface area contributed by atoms with Gasteiger partial charge < -0.3 is 19.4 Å². The minimum absolute atomic E-state index is 0.127. The maximum absolute atomic E-state index is 12.4. The largest absolute Gasteiger partial charge is 0.497 e. The maximum atomic E-state index is 12.4. The molecular formula is C22H23N3O4. The molecule has 0 aliphatic heterocycles. The summed E-state index contributed by atoms with van der Waals surface area (Å²) in [6, 6.07) is 12.3. The predicted molar refractivity (Wildman–Crippen MR) is 110 cm³/mol. The molecule has 1 amide bonds. The number of carbonyl (C=O) groups is 2. The van der Waals surface area contributed by atoms with E-state index in [4.69, 9.17) is 9.47 Å². The second kappa shape index (κ2) is 9.05. The molecule has 0 unspecified atom stereocenters. The molecule has 0 aliphatic carbocycles. The Morgan fingerprint density at radius 1 is 1.07 bits per heavy atom. The zero-order valence-corrected chi connectivity index (χ0v) is 16.6. The average molecular weight is 393 g/mol. The minimum atomic E-state index is -0.166. The molecule has 29 heavy (non-hydrogen) atoms. The van der Waals surface area contributed by atoms with Crippen molar-refractivity contribution in [3.05, 3.63) is 71.8 Å². The van der Waals surface area contributed by atoms with E-state index >= 15 is 0 Å². The molecule has 0 spiro atoms. The topological polar surface area (TPSA) is 82.4 Å². The average Bonchev–Trinajstić information content (AvgIpc) is 3.17. The van der Waals surface area contributed by atoms with E-state index in [9.17, 15) is 9.59 Å². The standard InChI is InChI=1S/C22H23N3O4/c1-25-13-12-23-22(25)21(27)15-4-7-17(8-5-15)24-20(26)11-6-16-14-18(28-2)9-10-19(16)29-3/h4-5,7-10,12-14H,6,11H2,1-3H3,(H,24,26). The van der Waals surface area contributed by atoms with Gasteiger partial charge in [0.1, 0.15) is 11.5 Å². The van der Waals surface area contributed by atoms with Crippen molar-refractivity contribution in [2.75, 3.05) is 19.5 Å². The van der Waals surface area contributed by atoms with Crippen LogP contribution in [0.5, 0.6) is 11.5 Å². The van der Waals surface area contributed by atoms with Gasteiger partial charge in [0.15, 0.2) is 5.82 Å². The van der Waals surface area contributed by atoms with Crippen LogP contribution in [0.2, 0.25) is 0 Å². The number of aromatic nitrogens is 2. The van der Waals surface area contributed by atoms with E-state index in [1.807, 2.05) is 18.2 Å². The molecule has 2 aromatic carbocycles. The number of amides is 1. The van der Waals surface area contributed by atoms with Crippen LogP contribution in [-0.4, -0.2) is 35.5 Å². The molecule has 0 saturated carbocycles. The molecule has 1 aromatic heterocycles. The number of imidazole rings is 1. The number of ether oxygens (including phenoxy) is 2. The summed E-state index contributed by atoms with van der Waals surface area (Å²) in [5.74, 6) is 1.51. The van der Waals surface area contributed by atoms with Gasteiger partial charge >= 0.3 is 0 Å². The molecule has 3 rings (SSSR count). The summed E-state index contributed by atoms with van der Waals surface area (Å²) in [5, 5.41) is 2.85. The Hall–Kier alpha value is -3.61. The third-order valence-electron chi connectivity index (χ3n) is 4.56. The van der Waals surface area contributed by atoms with E-state index in [2.05, 4.69) is 10.3 Å². The van der Waals surface area contributed by atoms with Crippen molar-refractivity contribution in [3.63, 3.8) is 0 Å². The minimum Gasteiger partial charge on any atom is -0.497 e. The Bertz CT molecular complexity index is 1010. The number of methoxy groups -OCH3 is 2. The normalized spacial score (nSPS) is 10.4. The molecule has 7 heteroatoms. The summed E-state index contributed by atoms with van der Waals surface area (Å²) in [5.41, 5.74) is 2.04. The quantitative estimate of drug-likeness (QED) is 0.594. The van der Waals surface area contributed by atoms with Crippen LogP contribution in [0.3, 0.4) is 0 Å². The van der Waals surface area contributed by atoms with Crippen molar-refractivity contribution < 1.29 is 19.1 Å². The molecular weight excluding hydrogens is 370 g/mol. The van der Waals surface area contributed by atoms with Crippen LogP contribution >= 0.6 is 0 Å². The monoisotopic (exact) mass is 393 g/mol. The summed E-state index contributed by atoms with van der Waals surface area (Å²) in [6.45, 7) is 0. The highest BCUT2D eigenvalue weighted by Gasteiger charge is 2.14. The number of benzene rings is 2. The lowest BCUT2D eigenvalue weighted by Crippen LogP contribution is -2.13. The van der Waals surface area contributed by atoms with Crippen LogP contribution in [0.25, 0.3) is 0 Å². The number of aryl methyl sites for hydroxylation is 2. The van der Waals surface area contributed by atoms with Gasteiger partial charge in [0.2, 0.25) is 11.7 Å². The van der Waals surface area contributed by atoms with Gasteiger partial charge in [0.25, 0.3) is 0 Å². The lowest BCUT2D eigenvalue weighted by molar-refractivity contribution is -0.116. The van der Waals surface area contributed by atoms with Crippen molar-refractivity contribution in [2.45, 2.75) is 12.8 Å². The fraction of sp³-hybridized carbons (Fsp3) is 0.227. The highest BCUT2D eigenvalue weighted by molar-refractivity contribution is 6.07. The van der Waals surface area contributed by atoms with Gasteiger partial charge in [-0.2, -0.15) is 0 Å². The molecule has 0 fully saturated rings. The number of ketones is 1. The van der Waals surface area contributed by atoms with Crippen molar-refractivity contribution in [1.29, 1.82) is 0 Å². The first-order valence-corrected chi connectivity index (χ1v) is 9.14. The molecule has 0 bridgehead atoms. The Labute approximate surface area is 169 Å². The summed E-state index contributed by atoms with van der Waals surface area (Å²) < 4.78 is 12.2. The highest BCUT2D eigenvalue weighted by atomic mass is 16.5.